The second kappa shape index (κ2) is 9.24. The molecule has 0 radical (unpaired) electrons. The summed E-state index contributed by atoms with van der Waals surface area (Å²) in [5.41, 5.74) is 3.48. The van der Waals surface area contributed by atoms with Crippen molar-refractivity contribution in [1.82, 2.24) is 4.90 Å². The summed E-state index contributed by atoms with van der Waals surface area (Å²) in [5, 5.41) is 0. The van der Waals surface area contributed by atoms with Crippen LogP contribution in [0.3, 0.4) is 0 Å². The van der Waals surface area contributed by atoms with Gasteiger partial charge in [0.15, 0.2) is 0 Å². The monoisotopic (exact) mass is 476 g/mol. The minimum absolute atomic E-state index is 0.106. The number of amides is 1. The Morgan fingerprint density at radius 2 is 1.65 bits per heavy atom. The Kier molecular flexibility index (Phi) is 6.15. The van der Waals surface area contributed by atoms with Crippen molar-refractivity contribution in [2.75, 3.05) is 30.5 Å². The SMILES string of the molecule is C[C@@H]1Cc2ccccc2N1S(=O)(=O)c1cccc(C(=O)N2CC[NH+](Cc3ccccc3)CC2)c1. The summed E-state index contributed by atoms with van der Waals surface area (Å²) < 4.78 is 28.6. The number of quaternary nitrogens is 1. The molecule has 0 bridgehead atoms. The van der Waals surface area contributed by atoms with E-state index in [1.165, 1.54) is 20.8 Å². The molecule has 6 nitrogen and oxygen atoms in total. The van der Waals surface area contributed by atoms with Crippen LogP contribution in [0.5, 0.6) is 0 Å². The molecule has 1 fully saturated rings. The number of piperazine rings is 1. The highest BCUT2D eigenvalue weighted by Gasteiger charge is 2.36. The Bertz CT molecular complexity index is 1290. The maximum atomic E-state index is 13.6. The molecular weight excluding hydrogens is 446 g/mol. The van der Waals surface area contributed by atoms with E-state index in [0.717, 1.165) is 30.9 Å². The number of benzene rings is 3. The lowest BCUT2D eigenvalue weighted by Crippen LogP contribution is -3.13. The number of fused-ring (bicyclic) bond motifs is 1. The molecule has 0 unspecified atom stereocenters. The van der Waals surface area contributed by atoms with Crippen LogP contribution in [0.15, 0.2) is 83.8 Å². The number of carbonyl (C=O) groups excluding carboxylic acids is 1. The molecule has 7 heteroatoms. The Hall–Kier alpha value is -3.16. The Balaban J connectivity index is 1.30. The second-order valence-electron chi connectivity index (χ2n) is 9.22. The molecule has 2 aliphatic rings. The van der Waals surface area contributed by atoms with Crippen molar-refractivity contribution in [3.63, 3.8) is 0 Å². The normalized spacial score (nSPS) is 18.7. The van der Waals surface area contributed by atoms with Gasteiger partial charge in [0, 0.05) is 17.2 Å². The smallest absolute Gasteiger partial charge is 0.264 e. The Morgan fingerprint density at radius 3 is 2.41 bits per heavy atom. The van der Waals surface area contributed by atoms with Gasteiger partial charge < -0.3 is 9.80 Å². The molecule has 176 valence electrons. The highest BCUT2D eigenvalue weighted by Crippen LogP contribution is 2.36. The topological polar surface area (TPSA) is 62.1 Å². The Morgan fingerprint density at radius 1 is 0.941 bits per heavy atom. The van der Waals surface area contributed by atoms with Crippen molar-refractivity contribution in [3.05, 3.63) is 95.6 Å². The number of hydrogen-bond acceptors (Lipinski definition) is 3. The number of anilines is 1. The largest absolute Gasteiger partial charge is 0.328 e. The summed E-state index contributed by atoms with van der Waals surface area (Å²) in [6, 6.07) is 24.4. The van der Waals surface area contributed by atoms with Crippen molar-refractivity contribution in [3.8, 4) is 0 Å². The number of hydrogen-bond donors (Lipinski definition) is 1. The maximum absolute atomic E-state index is 13.6. The first-order chi connectivity index (χ1) is 16.4. The highest BCUT2D eigenvalue weighted by molar-refractivity contribution is 7.92. The zero-order chi connectivity index (χ0) is 23.7. The van der Waals surface area contributed by atoms with Crippen LogP contribution in [0.4, 0.5) is 5.69 Å². The van der Waals surface area contributed by atoms with Crippen molar-refractivity contribution in [2.24, 2.45) is 0 Å². The zero-order valence-electron chi connectivity index (χ0n) is 19.4. The van der Waals surface area contributed by atoms with Crippen LogP contribution >= 0.6 is 0 Å². The molecule has 2 aliphatic heterocycles. The standard InChI is InChI=1S/C27H29N3O3S/c1-21-18-23-10-5-6-13-26(23)30(21)34(32,33)25-12-7-11-24(19-25)27(31)29-16-14-28(15-17-29)20-22-8-3-2-4-9-22/h2-13,19,21H,14-18,20H2,1H3/p+1/t21-/m1/s1. The molecule has 0 spiro atoms. The fraction of sp³-hybridized carbons (Fsp3) is 0.296. The third kappa shape index (κ3) is 4.33. The molecule has 3 aromatic carbocycles. The number of carbonyl (C=O) groups is 1. The molecule has 1 N–H and O–H groups in total. The van der Waals surface area contributed by atoms with E-state index in [-0.39, 0.29) is 16.8 Å². The van der Waals surface area contributed by atoms with Crippen LogP contribution < -0.4 is 9.21 Å². The first-order valence-electron chi connectivity index (χ1n) is 11.8. The van der Waals surface area contributed by atoms with E-state index in [1.54, 1.807) is 18.2 Å². The van der Waals surface area contributed by atoms with Crippen LogP contribution in [0.25, 0.3) is 0 Å². The molecular formula is C27H30N3O3S+. The third-order valence-corrected chi connectivity index (χ3v) is 8.76. The molecule has 1 saturated heterocycles. The zero-order valence-corrected chi connectivity index (χ0v) is 20.2. The van der Waals surface area contributed by atoms with Crippen LogP contribution in [0.1, 0.15) is 28.4 Å². The first kappa shape index (κ1) is 22.6. The average molecular weight is 477 g/mol. The molecule has 34 heavy (non-hydrogen) atoms. The van der Waals surface area contributed by atoms with Crippen molar-refractivity contribution >= 4 is 21.6 Å². The van der Waals surface area contributed by atoms with Gasteiger partial charge in [-0.1, -0.05) is 54.6 Å². The van der Waals surface area contributed by atoms with Gasteiger partial charge in [0.25, 0.3) is 15.9 Å². The molecule has 2 heterocycles. The quantitative estimate of drug-likeness (QED) is 0.615. The summed E-state index contributed by atoms with van der Waals surface area (Å²) in [6.07, 6.45) is 0.684. The highest BCUT2D eigenvalue weighted by atomic mass is 32.2. The summed E-state index contributed by atoms with van der Waals surface area (Å²) in [5.74, 6) is -0.106. The van der Waals surface area contributed by atoms with E-state index >= 15 is 0 Å². The van der Waals surface area contributed by atoms with Crippen molar-refractivity contribution in [1.29, 1.82) is 0 Å². The van der Waals surface area contributed by atoms with E-state index in [1.807, 2.05) is 42.2 Å². The second-order valence-corrected chi connectivity index (χ2v) is 11.0. The fourth-order valence-electron chi connectivity index (χ4n) is 5.08. The van der Waals surface area contributed by atoms with Gasteiger partial charge in [0.2, 0.25) is 0 Å². The van der Waals surface area contributed by atoms with Crippen LogP contribution in [0.2, 0.25) is 0 Å². The summed E-state index contributed by atoms with van der Waals surface area (Å²) in [6.45, 7) is 5.94. The van der Waals surface area contributed by atoms with Crippen molar-refractivity contribution in [2.45, 2.75) is 30.8 Å². The van der Waals surface area contributed by atoms with Gasteiger partial charge in [0.1, 0.15) is 6.54 Å². The van der Waals surface area contributed by atoms with Crippen LogP contribution in [0, 0.1) is 0 Å². The van der Waals surface area contributed by atoms with Gasteiger partial charge in [-0.05, 0) is 43.2 Å². The number of rotatable bonds is 5. The predicted molar refractivity (Wildman–Crippen MR) is 132 cm³/mol. The Labute approximate surface area is 201 Å². The van der Waals surface area contributed by atoms with Crippen LogP contribution in [-0.2, 0) is 23.0 Å². The van der Waals surface area contributed by atoms with Gasteiger partial charge in [-0.25, -0.2) is 8.42 Å². The van der Waals surface area contributed by atoms with E-state index in [2.05, 4.69) is 24.3 Å². The lowest BCUT2D eigenvalue weighted by Gasteiger charge is -2.32. The lowest BCUT2D eigenvalue weighted by atomic mass is 10.1. The van der Waals surface area contributed by atoms with Gasteiger partial charge in [0.05, 0.1) is 36.8 Å². The molecule has 0 aliphatic carbocycles. The molecule has 1 amide bonds. The van der Waals surface area contributed by atoms with Gasteiger partial charge in [-0.2, -0.15) is 0 Å². The summed E-state index contributed by atoms with van der Waals surface area (Å²) >= 11 is 0. The van der Waals surface area contributed by atoms with Crippen LogP contribution in [-0.4, -0.2) is 51.4 Å². The number of sulfonamides is 1. The van der Waals surface area contributed by atoms with E-state index in [9.17, 15) is 13.2 Å². The fourth-order valence-corrected chi connectivity index (χ4v) is 6.82. The molecule has 0 aromatic heterocycles. The summed E-state index contributed by atoms with van der Waals surface area (Å²) in [7, 11) is -3.77. The van der Waals surface area contributed by atoms with Gasteiger partial charge in [-0.15, -0.1) is 0 Å². The van der Waals surface area contributed by atoms with Crippen molar-refractivity contribution < 1.29 is 18.1 Å². The first-order valence-corrected chi connectivity index (χ1v) is 13.3. The minimum atomic E-state index is -3.77. The minimum Gasteiger partial charge on any atom is -0.328 e. The average Bonchev–Trinajstić information content (AvgIpc) is 3.21. The van der Waals surface area contributed by atoms with E-state index in [0.29, 0.717) is 25.1 Å². The molecule has 1 atom stereocenters. The number of para-hydroxylation sites is 1. The lowest BCUT2D eigenvalue weighted by molar-refractivity contribution is -0.917. The van der Waals surface area contributed by atoms with Gasteiger partial charge in [-0.3, -0.25) is 9.10 Å². The number of nitrogens with zero attached hydrogens (tertiary/aromatic N) is 2. The molecule has 0 saturated carbocycles. The molecule has 5 rings (SSSR count). The summed E-state index contributed by atoms with van der Waals surface area (Å²) in [4.78, 5) is 16.7. The predicted octanol–water partition coefficient (Wildman–Crippen LogP) is 2.37. The number of nitrogens with one attached hydrogen (secondary N) is 1. The maximum Gasteiger partial charge on any atom is 0.264 e. The van der Waals surface area contributed by atoms with E-state index in [4.69, 9.17) is 0 Å². The van der Waals surface area contributed by atoms with Gasteiger partial charge >= 0.3 is 0 Å². The van der Waals surface area contributed by atoms with E-state index < -0.39 is 10.0 Å². The third-order valence-electron chi connectivity index (χ3n) is 6.84. The molecule has 3 aromatic rings.